The number of epoxide rings is 1. The summed E-state index contributed by atoms with van der Waals surface area (Å²) in [6, 6.07) is 0. The minimum Gasteiger partial charge on any atom is -0.358 e. The quantitative estimate of drug-likeness (QED) is 0.481. The van der Waals surface area contributed by atoms with Gasteiger partial charge in [0.15, 0.2) is 11.6 Å². The summed E-state index contributed by atoms with van der Waals surface area (Å²) in [6.45, 7) is 5.39. The van der Waals surface area contributed by atoms with Crippen LogP contribution in [0.2, 0.25) is 0 Å². The van der Waals surface area contributed by atoms with Crippen molar-refractivity contribution in [3.63, 3.8) is 0 Å². The zero-order valence-electron chi connectivity index (χ0n) is 16.3. The van der Waals surface area contributed by atoms with Crippen LogP contribution in [0.25, 0.3) is 0 Å². The molecule has 4 aliphatic carbocycles. The third-order valence-electron chi connectivity index (χ3n) is 9.47. The maximum absolute atomic E-state index is 6.68. The Balaban J connectivity index is 1.24. The van der Waals surface area contributed by atoms with Crippen molar-refractivity contribution in [2.24, 2.45) is 17.3 Å². The second-order valence-electron chi connectivity index (χ2n) is 10.2. The Labute approximate surface area is 160 Å². The summed E-state index contributed by atoms with van der Waals surface area (Å²) >= 11 is 0. The number of hydrogen-bond donors (Lipinski definition) is 0. The van der Waals surface area contributed by atoms with Crippen LogP contribution in [0.5, 0.6) is 0 Å². The van der Waals surface area contributed by atoms with Crippen molar-refractivity contribution < 1.29 is 23.7 Å². The highest BCUT2D eigenvalue weighted by atomic mass is 16.7. The van der Waals surface area contributed by atoms with Crippen molar-refractivity contribution in [1.82, 2.24) is 0 Å². The maximum atomic E-state index is 6.68. The van der Waals surface area contributed by atoms with Gasteiger partial charge in [0, 0.05) is 24.7 Å². The molecule has 5 atom stereocenters. The van der Waals surface area contributed by atoms with Crippen LogP contribution in [0.3, 0.4) is 0 Å². The molecule has 0 bridgehead atoms. The smallest absolute Gasteiger partial charge is 0.174 e. The van der Waals surface area contributed by atoms with Crippen molar-refractivity contribution in [3.05, 3.63) is 11.6 Å². The number of fused-ring (bicyclic) bond motifs is 4. The van der Waals surface area contributed by atoms with Crippen LogP contribution >= 0.6 is 0 Å². The van der Waals surface area contributed by atoms with E-state index in [-0.39, 0.29) is 28.2 Å². The van der Waals surface area contributed by atoms with Crippen molar-refractivity contribution in [3.8, 4) is 0 Å². The Morgan fingerprint density at radius 3 is 2.48 bits per heavy atom. The van der Waals surface area contributed by atoms with Crippen molar-refractivity contribution >= 4 is 0 Å². The van der Waals surface area contributed by atoms with Crippen LogP contribution in [0.4, 0.5) is 0 Å². The number of rotatable bonds is 0. The van der Waals surface area contributed by atoms with Gasteiger partial charge in [0.25, 0.3) is 0 Å². The lowest BCUT2D eigenvalue weighted by atomic mass is 9.54. The molecule has 0 N–H and O–H groups in total. The van der Waals surface area contributed by atoms with E-state index in [1.54, 1.807) is 5.57 Å². The van der Waals surface area contributed by atoms with Gasteiger partial charge in [-0.2, -0.15) is 0 Å². The standard InChI is InChI=1S/C22H30O5/c1-18-5-3-17-15(16(18)4-7-22(18)25-12-13-26-22)2-6-19-14-20(23-10-11-24-20)8-9-21(17,19)27-19/h3,15-16H,2,4-14H2,1H3/t15-,16-,18-,19+,21+/m0/s1. The Bertz CT molecular complexity index is 720. The topological polar surface area (TPSA) is 49.5 Å². The van der Waals surface area contributed by atoms with E-state index in [4.69, 9.17) is 23.7 Å². The molecule has 7 rings (SSSR count). The Kier molecular flexibility index (Phi) is 2.91. The number of hydrogen-bond acceptors (Lipinski definition) is 5. The highest BCUT2D eigenvalue weighted by Gasteiger charge is 2.80. The highest BCUT2D eigenvalue weighted by molar-refractivity contribution is 5.43. The van der Waals surface area contributed by atoms with Crippen molar-refractivity contribution in [2.75, 3.05) is 26.4 Å². The SMILES string of the molecule is C[C@]12CC=C3[C@@H](CC[C@@]45CC6(CC[C@@]34O5)OCCO6)[C@@H]1CCC21OCCO1. The van der Waals surface area contributed by atoms with Gasteiger partial charge in [-0.05, 0) is 49.5 Å². The number of ether oxygens (including phenoxy) is 5. The minimum absolute atomic E-state index is 0.0229. The molecule has 0 unspecified atom stereocenters. The zero-order chi connectivity index (χ0) is 18.0. The fraction of sp³-hybridized carbons (Fsp3) is 0.909. The molecule has 3 heterocycles. The molecule has 3 aliphatic heterocycles. The van der Waals surface area contributed by atoms with E-state index in [1.165, 1.54) is 12.8 Å². The molecule has 27 heavy (non-hydrogen) atoms. The van der Waals surface area contributed by atoms with E-state index >= 15 is 0 Å². The molecule has 5 nitrogen and oxygen atoms in total. The van der Waals surface area contributed by atoms with Gasteiger partial charge in [0.2, 0.25) is 0 Å². The average Bonchev–Trinajstić information content (AvgIpc) is 3.04. The van der Waals surface area contributed by atoms with Gasteiger partial charge in [-0.1, -0.05) is 13.0 Å². The summed E-state index contributed by atoms with van der Waals surface area (Å²) in [5.41, 5.74) is 1.67. The fourth-order valence-electron chi connectivity index (χ4n) is 8.22. The van der Waals surface area contributed by atoms with Gasteiger partial charge >= 0.3 is 0 Å². The predicted molar refractivity (Wildman–Crippen MR) is 95.9 cm³/mol. The average molecular weight is 374 g/mol. The molecule has 6 fully saturated rings. The van der Waals surface area contributed by atoms with Gasteiger partial charge < -0.3 is 23.7 Å². The molecule has 0 radical (unpaired) electrons. The minimum atomic E-state index is -0.362. The molecule has 0 aromatic rings. The molecule has 3 saturated heterocycles. The Morgan fingerprint density at radius 1 is 0.889 bits per heavy atom. The first-order chi connectivity index (χ1) is 13.1. The molecule has 148 valence electrons. The lowest BCUT2D eigenvalue weighted by Crippen LogP contribution is -2.54. The first-order valence-electron chi connectivity index (χ1n) is 11.0. The van der Waals surface area contributed by atoms with E-state index in [1.807, 2.05) is 0 Å². The third-order valence-corrected chi connectivity index (χ3v) is 9.47. The lowest BCUT2D eigenvalue weighted by Gasteiger charge is -2.51. The van der Waals surface area contributed by atoms with Crippen LogP contribution in [0, 0.1) is 17.3 Å². The first-order valence-corrected chi connectivity index (χ1v) is 11.0. The maximum Gasteiger partial charge on any atom is 0.174 e. The van der Waals surface area contributed by atoms with Crippen LogP contribution in [0.15, 0.2) is 11.6 Å². The van der Waals surface area contributed by atoms with Gasteiger partial charge in [-0.25, -0.2) is 0 Å². The van der Waals surface area contributed by atoms with Gasteiger partial charge in [0.05, 0.1) is 26.4 Å². The Morgan fingerprint density at radius 2 is 1.67 bits per heavy atom. The summed E-state index contributed by atoms with van der Waals surface area (Å²) in [5, 5.41) is 0. The van der Waals surface area contributed by atoms with E-state index < -0.39 is 0 Å². The molecular weight excluding hydrogens is 344 g/mol. The zero-order valence-corrected chi connectivity index (χ0v) is 16.3. The predicted octanol–water partition coefficient (Wildman–Crippen LogP) is 3.32. The monoisotopic (exact) mass is 374 g/mol. The molecule has 0 amide bonds. The molecule has 7 aliphatic rings. The van der Waals surface area contributed by atoms with E-state index in [9.17, 15) is 0 Å². The molecular formula is C22H30O5. The van der Waals surface area contributed by atoms with Crippen LogP contribution in [-0.4, -0.2) is 49.2 Å². The van der Waals surface area contributed by atoms with Crippen molar-refractivity contribution in [2.45, 2.75) is 81.1 Å². The summed E-state index contributed by atoms with van der Waals surface area (Å²) in [4.78, 5) is 0. The van der Waals surface area contributed by atoms with Crippen LogP contribution in [-0.2, 0) is 23.7 Å². The van der Waals surface area contributed by atoms with Crippen molar-refractivity contribution in [1.29, 1.82) is 0 Å². The summed E-state index contributed by atoms with van der Waals surface area (Å²) in [6.07, 6.45) is 11.2. The van der Waals surface area contributed by atoms with Gasteiger partial charge in [-0.3, -0.25) is 0 Å². The van der Waals surface area contributed by atoms with E-state index in [0.29, 0.717) is 11.8 Å². The third kappa shape index (κ3) is 1.73. The van der Waals surface area contributed by atoms with E-state index in [0.717, 1.165) is 65.0 Å². The summed E-state index contributed by atoms with van der Waals surface area (Å²) < 4.78 is 31.3. The van der Waals surface area contributed by atoms with Crippen LogP contribution in [0.1, 0.15) is 58.3 Å². The largest absolute Gasteiger partial charge is 0.358 e. The first kappa shape index (κ1) is 16.3. The second-order valence-corrected chi connectivity index (χ2v) is 10.2. The second kappa shape index (κ2) is 4.81. The molecule has 2 spiro atoms. The molecule has 0 aromatic heterocycles. The molecule has 3 saturated carbocycles. The number of allylic oxidation sites excluding steroid dienone is 1. The Hall–Kier alpha value is -0.460. The fourth-order valence-corrected chi connectivity index (χ4v) is 8.22. The normalized spacial score (nSPS) is 53.6. The molecule has 5 heteroatoms. The molecule has 0 aromatic carbocycles. The van der Waals surface area contributed by atoms with Crippen LogP contribution < -0.4 is 0 Å². The lowest BCUT2D eigenvalue weighted by molar-refractivity contribution is -0.228. The van der Waals surface area contributed by atoms with Gasteiger partial charge in [-0.15, -0.1) is 0 Å². The van der Waals surface area contributed by atoms with E-state index in [2.05, 4.69) is 13.0 Å². The highest BCUT2D eigenvalue weighted by Crippen LogP contribution is 2.74. The summed E-state index contributed by atoms with van der Waals surface area (Å²) in [7, 11) is 0. The summed E-state index contributed by atoms with van der Waals surface area (Å²) in [5.74, 6) is 0.589. The van der Waals surface area contributed by atoms with Gasteiger partial charge in [0.1, 0.15) is 11.2 Å².